The highest BCUT2D eigenvalue weighted by Crippen LogP contribution is 2.41. The van der Waals surface area contributed by atoms with E-state index in [1.54, 1.807) is 0 Å². The fourth-order valence-corrected chi connectivity index (χ4v) is 4.57. The Kier molecular flexibility index (Phi) is 7.02. The average Bonchev–Trinajstić information content (AvgIpc) is 3.03. The minimum atomic E-state index is 0.975. The van der Waals surface area contributed by atoms with Gasteiger partial charge in [-0.1, -0.05) is 123 Å². The van der Waals surface area contributed by atoms with E-state index in [9.17, 15) is 0 Å². The van der Waals surface area contributed by atoms with Gasteiger partial charge in [0.25, 0.3) is 0 Å². The van der Waals surface area contributed by atoms with Crippen LogP contribution in [0.25, 0.3) is 32.7 Å². The molecular formula is C32H32. The summed E-state index contributed by atoms with van der Waals surface area (Å²) < 4.78 is 0. The number of fused-ring (bicyclic) bond motifs is 2. The van der Waals surface area contributed by atoms with Crippen molar-refractivity contribution in [2.24, 2.45) is 0 Å². The molecule has 2 aliphatic carbocycles. The lowest BCUT2D eigenvalue weighted by atomic mass is 9.85. The normalized spacial score (nSPS) is 19.4. The van der Waals surface area contributed by atoms with Gasteiger partial charge in [0, 0.05) is 0 Å². The summed E-state index contributed by atoms with van der Waals surface area (Å²) in [4.78, 5) is 0. The van der Waals surface area contributed by atoms with Gasteiger partial charge in [-0.3, -0.25) is 0 Å². The molecule has 0 saturated carbocycles. The first-order chi connectivity index (χ1) is 15.8. The van der Waals surface area contributed by atoms with E-state index in [0.717, 1.165) is 19.3 Å². The molecule has 0 unspecified atom stereocenters. The first-order valence-corrected chi connectivity index (χ1v) is 11.8. The van der Waals surface area contributed by atoms with Crippen LogP contribution in [0.5, 0.6) is 0 Å². The zero-order valence-corrected chi connectivity index (χ0v) is 19.4. The molecular weight excluding hydrogens is 384 g/mol. The fraction of sp³-hybridized carbons (Fsp3) is 0.188. The van der Waals surface area contributed by atoms with E-state index < -0.39 is 0 Å². The van der Waals surface area contributed by atoms with Crippen molar-refractivity contribution in [3.63, 3.8) is 0 Å². The van der Waals surface area contributed by atoms with Crippen molar-refractivity contribution in [1.82, 2.24) is 0 Å². The monoisotopic (exact) mass is 416 g/mol. The summed E-state index contributed by atoms with van der Waals surface area (Å²) >= 11 is 0. The molecule has 0 atom stereocenters. The van der Waals surface area contributed by atoms with E-state index >= 15 is 0 Å². The molecule has 0 bridgehead atoms. The second kappa shape index (κ2) is 10.3. The van der Waals surface area contributed by atoms with E-state index in [1.807, 2.05) is 13.8 Å². The summed E-state index contributed by atoms with van der Waals surface area (Å²) in [6.07, 6.45) is 23.5. The van der Waals surface area contributed by atoms with Gasteiger partial charge in [-0.05, 0) is 70.0 Å². The van der Waals surface area contributed by atoms with Gasteiger partial charge < -0.3 is 0 Å². The average molecular weight is 417 g/mol. The molecule has 0 heterocycles. The Morgan fingerprint density at radius 2 is 1.12 bits per heavy atom. The van der Waals surface area contributed by atoms with Crippen LogP contribution in [0.2, 0.25) is 0 Å². The lowest BCUT2D eigenvalue weighted by molar-refractivity contribution is 1.22. The molecule has 0 nitrogen and oxygen atoms in total. The van der Waals surface area contributed by atoms with E-state index in [1.165, 1.54) is 49.4 Å². The number of hydrogen-bond donors (Lipinski definition) is 0. The summed E-state index contributed by atoms with van der Waals surface area (Å²) in [6, 6.07) is 17.8. The molecule has 0 N–H and O–H groups in total. The van der Waals surface area contributed by atoms with Gasteiger partial charge in [0.15, 0.2) is 0 Å². The highest BCUT2D eigenvalue weighted by atomic mass is 14.2. The van der Waals surface area contributed by atoms with Crippen LogP contribution in [-0.2, 0) is 0 Å². The molecule has 3 aromatic carbocycles. The predicted molar refractivity (Wildman–Crippen MR) is 144 cm³/mol. The highest BCUT2D eigenvalue weighted by molar-refractivity contribution is 6.17. The van der Waals surface area contributed by atoms with Crippen LogP contribution in [0.4, 0.5) is 0 Å². The maximum absolute atomic E-state index is 2.38. The highest BCUT2D eigenvalue weighted by Gasteiger charge is 2.17. The van der Waals surface area contributed by atoms with Crippen LogP contribution < -0.4 is 0 Å². The number of rotatable bonds is 2. The van der Waals surface area contributed by atoms with Crippen LogP contribution >= 0.6 is 0 Å². The molecule has 0 aromatic heterocycles. The van der Waals surface area contributed by atoms with Crippen molar-refractivity contribution in [1.29, 1.82) is 0 Å². The van der Waals surface area contributed by atoms with Crippen LogP contribution in [0, 0.1) is 0 Å². The van der Waals surface area contributed by atoms with Crippen LogP contribution in [0.15, 0.2) is 109 Å². The Morgan fingerprint density at radius 3 is 1.72 bits per heavy atom. The van der Waals surface area contributed by atoms with Crippen molar-refractivity contribution < 1.29 is 0 Å². The van der Waals surface area contributed by atoms with E-state index in [2.05, 4.69) is 110 Å². The first kappa shape index (κ1) is 21.8. The van der Waals surface area contributed by atoms with Gasteiger partial charge in [-0.2, -0.15) is 0 Å². The second-order valence-electron chi connectivity index (χ2n) is 8.08. The molecule has 32 heavy (non-hydrogen) atoms. The molecule has 0 amide bonds. The Hall–Kier alpha value is -3.38. The fourth-order valence-electron chi connectivity index (χ4n) is 4.57. The van der Waals surface area contributed by atoms with Crippen LogP contribution in [0.3, 0.4) is 0 Å². The lowest BCUT2D eigenvalue weighted by Gasteiger charge is -2.19. The minimum Gasteiger partial charge on any atom is -0.0844 e. The third-order valence-corrected chi connectivity index (χ3v) is 6.02. The van der Waals surface area contributed by atoms with Crippen molar-refractivity contribution in [2.75, 3.05) is 0 Å². The smallest absolute Gasteiger partial charge is 0.00295 e. The molecule has 0 fully saturated rings. The Morgan fingerprint density at radius 1 is 0.594 bits per heavy atom. The second-order valence-corrected chi connectivity index (χ2v) is 8.08. The molecule has 3 aromatic rings. The molecule has 0 heteroatoms. The number of hydrogen-bond acceptors (Lipinski definition) is 0. The van der Waals surface area contributed by atoms with Gasteiger partial charge in [0.1, 0.15) is 0 Å². The lowest BCUT2D eigenvalue weighted by Crippen LogP contribution is -1.95. The third-order valence-electron chi connectivity index (χ3n) is 6.02. The standard InChI is InChI=1S/C30H26.C2H6/c1-22-12-11-15-24(21-20-22)30-27-18-9-7-16-25(27)29(26-17-8-10-19-28(26)30)23-13-5-3-2-4-6-14-23;1-2/h2-3,6-19,21H,4-5,20H2,1H3;1-2H3/b3-2-,14-6-,23-13+;. The van der Waals surface area contributed by atoms with E-state index in [0.29, 0.717) is 0 Å². The molecule has 0 radical (unpaired) electrons. The maximum atomic E-state index is 2.38. The van der Waals surface area contributed by atoms with Crippen molar-refractivity contribution >= 4 is 32.7 Å². The van der Waals surface area contributed by atoms with Gasteiger partial charge >= 0.3 is 0 Å². The van der Waals surface area contributed by atoms with E-state index in [4.69, 9.17) is 0 Å². The van der Waals surface area contributed by atoms with Crippen molar-refractivity contribution in [3.05, 3.63) is 120 Å². The molecule has 2 aliphatic rings. The number of benzene rings is 3. The largest absolute Gasteiger partial charge is 0.0844 e. The van der Waals surface area contributed by atoms with Gasteiger partial charge in [-0.25, -0.2) is 0 Å². The zero-order valence-electron chi connectivity index (χ0n) is 19.4. The maximum Gasteiger partial charge on any atom is -0.00295 e. The zero-order chi connectivity index (χ0) is 22.3. The van der Waals surface area contributed by atoms with E-state index in [-0.39, 0.29) is 0 Å². The summed E-state index contributed by atoms with van der Waals surface area (Å²) in [5, 5.41) is 5.31. The van der Waals surface area contributed by atoms with Crippen LogP contribution in [0.1, 0.15) is 51.2 Å². The van der Waals surface area contributed by atoms with Crippen LogP contribution in [-0.4, -0.2) is 0 Å². The van der Waals surface area contributed by atoms with Gasteiger partial charge in [0.05, 0.1) is 0 Å². The SMILES string of the molecule is CC.CC1=CC=CC(c2c3ccccc3c(C3=C/C/C=C\C/C=C\3)c3ccccc23)=CC1. The summed E-state index contributed by atoms with van der Waals surface area (Å²) in [5.41, 5.74) is 6.72. The molecule has 0 saturated heterocycles. The first-order valence-electron chi connectivity index (χ1n) is 11.8. The quantitative estimate of drug-likeness (QED) is 0.288. The summed E-state index contributed by atoms with van der Waals surface area (Å²) in [6.45, 7) is 6.20. The topological polar surface area (TPSA) is 0 Å². The summed E-state index contributed by atoms with van der Waals surface area (Å²) in [7, 11) is 0. The summed E-state index contributed by atoms with van der Waals surface area (Å²) in [5.74, 6) is 0. The molecule has 0 spiro atoms. The van der Waals surface area contributed by atoms with Crippen molar-refractivity contribution in [2.45, 2.75) is 40.0 Å². The van der Waals surface area contributed by atoms with Gasteiger partial charge in [-0.15, -0.1) is 0 Å². The predicted octanol–water partition coefficient (Wildman–Crippen LogP) is 9.60. The molecule has 5 rings (SSSR count). The van der Waals surface area contributed by atoms with Crippen molar-refractivity contribution in [3.8, 4) is 0 Å². The third kappa shape index (κ3) is 4.32. The Balaban J connectivity index is 0.00000119. The van der Waals surface area contributed by atoms with Gasteiger partial charge in [0.2, 0.25) is 0 Å². The number of allylic oxidation sites excluding steroid dienone is 12. The minimum absolute atomic E-state index is 0.975. The Bertz CT molecular complexity index is 1250. The molecule has 160 valence electrons. The Labute approximate surface area is 192 Å². The molecule has 0 aliphatic heterocycles.